The number of hydrogen-bond donors (Lipinski definition) is 3. The quantitative estimate of drug-likeness (QED) is 0.554. The van der Waals surface area contributed by atoms with Gasteiger partial charge in [-0.25, -0.2) is 8.78 Å². The highest BCUT2D eigenvalue weighted by Gasteiger charge is 1.91. The fourth-order valence-electron chi connectivity index (χ4n) is 0.313. The summed E-state index contributed by atoms with van der Waals surface area (Å²) in [6.07, 6.45) is 1.16. The number of alkyl halides is 2. The van der Waals surface area contributed by atoms with Gasteiger partial charge < -0.3 is 15.8 Å². The number of hydrogen-bond acceptors (Lipinski definition) is 4. The molecule has 0 bridgehead atoms. The lowest BCUT2D eigenvalue weighted by Crippen LogP contribution is -2.08. The predicted octanol–water partition coefficient (Wildman–Crippen LogP) is -0.203. The Labute approximate surface area is 81.7 Å². The maximum Gasteiger partial charge on any atom is 0.482 e. The lowest BCUT2D eigenvalue weighted by molar-refractivity contribution is 0.158. The highest BCUT2D eigenvalue weighted by molar-refractivity contribution is 6.13. The standard InChI is InChI=1S/C5H5N.C2H5F2N.BH2O2/c1-2-4-6-5-3-1;3-2(4)1-5;2-1-3/h1-5H;2H,1,5H2;2-3H. The van der Waals surface area contributed by atoms with Gasteiger partial charge >= 0.3 is 7.69 Å². The summed E-state index contributed by atoms with van der Waals surface area (Å²) in [5, 5.41) is 14.0. The van der Waals surface area contributed by atoms with E-state index in [0.29, 0.717) is 0 Å². The van der Waals surface area contributed by atoms with Crippen molar-refractivity contribution in [3.05, 3.63) is 30.6 Å². The van der Waals surface area contributed by atoms with Crippen LogP contribution in [0.5, 0.6) is 0 Å². The van der Waals surface area contributed by atoms with Crippen molar-refractivity contribution >= 4 is 7.69 Å². The van der Waals surface area contributed by atoms with Crippen LogP contribution in [0.2, 0.25) is 0 Å². The zero-order valence-corrected chi connectivity index (χ0v) is 7.42. The maximum absolute atomic E-state index is 10.6. The van der Waals surface area contributed by atoms with Crippen LogP contribution in [0, 0.1) is 0 Å². The summed E-state index contributed by atoms with van der Waals surface area (Å²) in [6, 6.07) is 5.72. The van der Waals surface area contributed by atoms with Crippen molar-refractivity contribution in [1.29, 1.82) is 0 Å². The van der Waals surface area contributed by atoms with Crippen LogP contribution in [0.3, 0.4) is 0 Å². The molecule has 1 aromatic rings. The van der Waals surface area contributed by atoms with Crippen LogP contribution in [-0.2, 0) is 0 Å². The van der Waals surface area contributed by atoms with Gasteiger partial charge in [0.15, 0.2) is 0 Å². The van der Waals surface area contributed by atoms with Crippen LogP contribution in [0.15, 0.2) is 30.6 Å². The molecule has 0 saturated carbocycles. The molecular weight excluding hydrogens is 193 g/mol. The molecule has 1 radical (unpaired) electrons. The molecule has 0 spiro atoms. The zero-order valence-electron chi connectivity index (χ0n) is 7.42. The van der Waals surface area contributed by atoms with Crippen LogP contribution in [0.1, 0.15) is 0 Å². The Morgan fingerprint density at radius 1 is 1.21 bits per heavy atom. The van der Waals surface area contributed by atoms with Crippen molar-refractivity contribution in [2.75, 3.05) is 6.54 Å². The van der Waals surface area contributed by atoms with Gasteiger partial charge in [0, 0.05) is 12.4 Å². The van der Waals surface area contributed by atoms with Gasteiger partial charge in [0.1, 0.15) is 0 Å². The first-order valence-corrected chi connectivity index (χ1v) is 3.62. The Kier molecular flexibility index (Phi) is 16.0. The van der Waals surface area contributed by atoms with Crippen LogP contribution in [0.4, 0.5) is 8.78 Å². The largest absolute Gasteiger partial charge is 0.482 e. The highest BCUT2D eigenvalue weighted by atomic mass is 19.3. The van der Waals surface area contributed by atoms with Gasteiger partial charge in [-0.3, -0.25) is 4.98 Å². The van der Waals surface area contributed by atoms with Crippen molar-refractivity contribution in [2.24, 2.45) is 5.73 Å². The average Bonchev–Trinajstić information content (AvgIpc) is 2.22. The molecule has 0 fully saturated rings. The van der Waals surface area contributed by atoms with Gasteiger partial charge in [0.2, 0.25) is 0 Å². The minimum absolute atomic E-state index is 0. The van der Waals surface area contributed by atoms with Gasteiger partial charge in [-0.2, -0.15) is 0 Å². The molecule has 1 aromatic heterocycles. The molecule has 0 aromatic carbocycles. The van der Waals surface area contributed by atoms with Crippen LogP contribution < -0.4 is 5.73 Å². The van der Waals surface area contributed by atoms with Gasteiger partial charge in [0.25, 0.3) is 6.43 Å². The molecule has 4 nitrogen and oxygen atoms in total. The fourth-order valence-corrected chi connectivity index (χ4v) is 0.313. The Morgan fingerprint density at radius 3 is 1.64 bits per heavy atom. The molecule has 0 saturated heterocycles. The van der Waals surface area contributed by atoms with Gasteiger partial charge in [-0.15, -0.1) is 0 Å². The molecule has 0 aliphatic rings. The van der Waals surface area contributed by atoms with Crippen molar-refractivity contribution in [2.45, 2.75) is 6.43 Å². The lowest BCUT2D eigenvalue weighted by Gasteiger charge is -1.82. The Balaban J connectivity index is 0. The molecule has 1 rings (SSSR count). The van der Waals surface area contributed by atoms with E-state index in [0.717, 1.165) is 0 Å². The molecule has 0 aliphatic carbocycles. The van der Waals surface area contributed by atoms with E-state index in [-0.39, 0.29) is 7.69 Å². The number of aromatic nitrogens is 1. The molecule has 0 amide bonds. The molecule has 0 unspecified atom stereocenters. The highest BCUT2D eigenvalue weighted by Crippen LogP contribution is 1.82. The third-order valence-corrected chi connectivity index (χ3v) is 0.745. The topological polar surface area (TPSA) is 79.4 Å². The monoisotopic (exact) mass is 205 g/mol. The van der Waals surface area contributed by atoms with Crippen LogP contribution in [-0.4, -0.2) is 35.7 Å². The van der Waals surface area contributed by atoms with E-state index in [1.807, 2.05) is 18.2 Å². The normalized spacial score (nSPS) is 7.86. The molecule has 14 heavy (non-hydrogen) atoms. The zero-order chi connectivity index (χ0) is 11.2. The second-order valence-electron chi connectivity index (χ2n) is 1.77. The van der Waals surface area contributed by atoms with E-state index in [2.05, 4.69) is 10.7 Å². The number of nitrogens with zero attached hydrogens (tertiary/aromatic N) is 1. The Morgan fingerprint density at radius 2 is 1.57 bits per heavy atom. The molecule has 0 aliphatic heterocycles. The third-order valence-electron chi connectivity index (χ3n) is 0.745. The minimum Gasteiger partial charge on any atom is -0.429 e. The summed E-state index contributed by atoms with van der Waals surface area (Å²) in [6.45, 7) is -0.528. The summed E-state index contributed by atoms with van der Waals surface area (Å²) >= 11 is 0. The van der Waals surface area contributed by atoms with Crippen molar-refractivity contribution in [1.82, 2.24) is 4.98 Å². The molecular formula is C7H12BF2N2O2. The SMILES string of the molecule is NCC(F)F.O[B]O.c1ccncc1. The van der Waals surface area contributed by atoms with Crippen molar-refractivity contribution in [3.8, 4) is 0 Å². The van der Waals surface area contributed by atoms with E-state index in [1.165, 1.54) is 0 Å². The van der Waals surface area contributed by atoms with E-state index in [9.17, 15) is 8.78 Å². The number of pyridine rings is 1. The molecule has 7 heteroatoms. The number of halogens is 2. The van der Waals surface area contributed by atoms with E-state index < -0.39 is 13.0 Å². The molecule has 1 heterocycles. The second-order valence-corrected chi connectivity index (χ2v) is 1.77. The lowest BCUT2D eigenvalue weighted by atomic mass is 10.5. The number of nitrogens with two attached hydrogens (primary N) is 1. The average molecular weight is 205 g/mol. The summed E-state index contributed by atoms with van der Waals surface area (Å²) in [5.74, 6) is 0. The Hall–Kier alpha value is -1.05. The number of rotatable bonds is 1. The molecule has 79 valence electrons. The first kappa shape index (κ1) is 15.4. The van der Waals surface area contributed by atoms with E-state index in [1.54, 1.807) is 12.4 Å². The fraction of sp³-hybridized carbons (Fsp3) is 0.286. The minimum atomic E-state index is -2.34. The smallest absolute Gasteiger partial charge is 0.429 e. The van der Waals surface area contributed by atoms with Gasteiger partial charge in [-0.1, -0.05) is 6.07 Å². The van der Waals surface area contributed by atoms with E-state index >= 15 is 0 Å². The first-order chi connectivity index (χ1) is 6.68. The second kappa shape index (κ2) is 14.5. The first-order valence-electron chi connectivity index (χ1n) is 3.62. The molecule has 0 atom stereocenters. The summed E-state index contributed by atoms with van der Waals surface area (Å²) in [4.78, 5) is 3.78. The van der Waals surface area contributed by atoms with Crippen LogP contribution in [0.25, 0.3) is 0 Å². The van der Waals surface area contributed by atoms with Gasteiger partial charge in [0.05, 0.1) is 6.54 Å². The summed E-state index contributed by atoms with van der Waals surface area (Å²) in [5.41, 5.74) is 4.42. The third kappa shape index (κ3) is 22.4. The maximum atomic E-state index is 10.6. The van der Waals surface area contributed by atoms with Crippen molar-refractivity contribution in [3.63, 3.8) is 0 Å². The molecule has 4 N–H and O–H groups in total. The summed E-state index contributed by atoms with van der Waals surface area (Å²) < 4.78 is 21.3. The van der Waals surface area contributed by atoms with E-state index in [4.69, 9.17) is 10.0 Å². The van der Waals surface area contributed by atoms with Gasteiger partial charge in [-0.05, 0) is 12.1 Å². The summed E-state index contributed by atoms with van der Waals surface area (Å²) in [7, 11) is 0. The van der Waals surface area contributed by atoms with Crippen molar-refractivity contribution < 1.29 is 18.8 Å². The Bertz CT molecular complexity index is 154. The van der Waals surface area contributed by atoms with Crippen LogP contribution >= 0.6 is 0 Å². The predicted molar refractivity (Wildman–Crippen MR) is 49.5 cm³/mol.